The summed E-state index contributed by atoms with van der Waals surface area (Å²) in [6.45, 7) is 3.49. The maximum atomic E-state index is 13.8. The number of benzene rings is 3. The third-order valence-corrected chi connectivity index (χ3v) is 5.81. The van der Waals surface area contributed by atoms with Gasteiger partial charge in [-0.25, -0.2) is 4.79 Å². The Morgan fingerprint density at radius 2 is 1.62 bits per heavy atom. The van der Waals surface area contributed by atoms with Gasteiger partial charge in [-0.3, -0.25) is 4.79 Å². The van der Waals surface area contributed by atoms with Crippen LogP contribution in [0.3, 0.4) is 0 Å². The second-order valence-corrected chi connectivity index (χ2v) is 8.91. The fourth-order valence-electron chi connectivity index (χ4n) is 3.54. The predicted molar refractivity (Wildman–Crippen MR) is 135 cm³/mol. The number of halogens is 5. The maximum Gasteiger partial charge on any atom is 0.453 e. The standard InChI is InChI=1S/C27H17Cl2F3O5/c1-14-9-15(2)11-18(10-14)36-25-24(34)19-6-5-17(13-22(19)37-26(25)27(30,31)32)35-23(33)8-4-16-3-7-20(28)21(29)12-16/h3-13H,1-2H3. The van der Waals surface area contributed by atoms with Crippen molar-refractivity contribution >= 4 is 46.2 Å². The molecule has 1 heterocycles. The van der Waals surface area contributed by atoms with Crippen LogP contribution >= 0.6 is 23.2 Å². The topological polar surface area (TPSA) is 65.7 Å². The Kier molecular flexibility index (Phi) is 7.34. The monoisotopic (exact) mass is 548 g/mol. The first-order chi connectivity index (χ1) is 17.4. The Labute approximate surface area is 218 Å². The minimum Gasteiger partial charge on any atom is -0.449 e. The molecule has 0 aliphatic rings. The molecule has 0 bridgehead atoms. The van der Waals surface area contributed by atoms with Crippen LogP contribution in [0.1, 0.15) is 22.5 Å². The second-order valence-electron chi connectivity index (χ2n) is 8.10. The minimum absolute atomic E-state index is 0.0639. The Bertz CT molecular complexity index is 1590. The van der Waals surface area contributed by atoms with Gasteiger partial charge < -0.3 is 13.9 Å². The highest BCUT2D eigenvalue weighted by Crippen LogP contribution is 2.39. The first-order valence-electron chi connectivity index (χ1n) is 10.7. The average molecular weight is 549 g/mol. The molecule has 0 saturated heterocycles. The van der Waals surface area contributed by atoms with Crippen LogP contribution in [-0.4, -0.2) is 5.97 Å². The van der Waals surface area contributed by atoms with Crippen molar-refractivity contribution in [3.8, 4) is 17.2 Å². The molecule has 0 spiro atoms. The van der Waals surface area contributed by atoms with Gasteiger partial charge in [0.25, 0.3) is 5.76 Å². The van der Waals surface area contributed by atoms with Gasteiger partial charge in [0.1, 0.15) is 17.1 Å². The molecule has 0 N–H and O–H groups in total. The lowest BCUT2D eigenvalue weighted by atomic mass is 10.1. The highest BCUT2D eigenvalue weighted by Gasteiger charge is 2.40. The first-order valence-corrected chi connectivity index (χ1v) is 11.5. The Morgan fingerprint density at radius 3 is 2.27 bits per heavy atom. The number of fused-ring (bicyclic) bond motifs is 1. The fraction of sp³-hybridized carbons (Fsp3) is 0.111. The van der Waals surface area contributed by atoms with E-state index in [0.29, 0.717) is 15.6 Å². The second kappa shape index (κ2) is 10.3. The molecule has 0 aliphatic heterocycles. The van der Waals surface area contributed by atoms with Crippen molar-refractivity contribution in [1.82, 2.24) is 0 Å². The average Bonchev–Trinajstić information content (AvgIpc) is 2.80. The zero-order valence-corrected chi connectivity index (χ0v) is 20.8. The van der Waals surface area contributed by atoms with Gasteiger partial charge in [0.05, 0.1) is 15.4 Å². The molecule has 190 valence electrons. The third kappa shape index (κ3) is 6.15. The van der Waals surface area contributed by atoms with Crippen molar-refractivity contribution in [1.29, 1.82) is 0 Å². The van der Waals surface area contributed by atoms with E-state index in [1.54, 1.807) is 26.0 Å². The van der Waals surface area contributed by atoms with Gasteiger partial charge in [0, 0.05) is 12.1 Å². The zero-order valence-electron chi connectivity index (χ0n) is 19.3. The normalized spacial score (nSPS) is 11.8. The van der Waals surface area contributed by atoms with E-state index in [9.17, 15) is 22.8 Å². The molecule has 1 aromatic heterocycles. The lowest BCUT2D eigenvalue weighted by Gasteiger charge is -2.14. The minimum atomic E-state index is -5.03. The van der Waals surface area contributed by atoms with Gasteiger partial charge in [0.15, 0.2) is 0 Å². The molecule has 4 aromatic rings. The largest absolute Gasteiger partial charge is 0.453 e. The summed E-state index contributed by atoms with van der Waals surface area (Å²) in [6.07, 6.45) is -2.51. The quantitative estimate of drug-likeness (QED) is 0.143. The molecule has 4 rings (SSSR count). The number of hydrogen-bond acceptors (Lipinski definition) is 5. The molecule has 3 aromatic carbocycles. The van der Waals surface area contributed by atoms with Gasteiger partial charge in [-0.05, 0) is 73.0 Å². The number of alkyl halides is 3. The predicted octanol–water partition coefficient (Wildman–Crippen LogP) is 8.15. The number of carbonyl (C=O) groups is 1. The molecular weight excluding hydrogens is 532 g/mol. The highest BCUT2D eigenvalue weighted by atomic mass is 35.5. The summed E-state index contributed by atoms with van der Waals surface area (Å²) in [5.41, 5.74) is 0.609. The summed E-state index contributed by atoms with van der Waals surface area (Å²) in [4.78, 5) is 25.2. The molecule has 5 nitrogen and oxygen atoms in total. The molecular formula is C27H17Cl2F3O5. The molecule has 0 aliphatic carbocycles. The van der Waals surface area contributed by atoms with Crippen LogP contribution in [0, 0.1) is 13.8 Å². The molecule has 0 fully saturated rings. The van der Waals surface area contributed by atoms with Crippen LogP contribution in [0.25, 0.3) is 17.0 Å². The van der Waals surface area contributed by atoms with E-state index in [1.807, 2.05) is 6.07 Å². The van der Waals surface area contributed by atoms with Gasteiger partial charge in [0.2, 0.25) is 11.2 Å². The van der Waals surface area contributed by atoms with Crippen molar-refractivity contribution < 1.29 is 31.9 Å². The molecule has 0 saturated carbocycles. The Balaban J connectivity index is 1.66. The third-order valence-electron chi connectivity index (χ3n) is 5.07. The molecule has 37 heavy (non-hydrogen) atoms. The number of hydrogen-bond donors (Lipinski definition) is 0. The summed E-state index contributed by atoms with van der Waals surface area (Å²) >= 11 is 11.8. The number of rotatable bonds is 5. The SMILES string of the molecule is Cc1cc(C)cc(Oc2c(C(F)(F)F)oc3cc(OC(=O)C=Cc4ccc(Cl)c(Cl)c4)ccc3c2=O)c1. The van der Waals surface area contributed by atoms with E-state index in [-0.39, 0.29) is 16.9 Å². The van der Waals surface area contributed by atoms with Crippen molar-refractivity contribution in [2.75, 3.05) is 0 Å². The van der Waals surface area contributed by atoms with Gasteiger partial charge in [-0.15, -0.1) is 0 Å². The molecule has 0 amide bonds. The summed E-state index contributed by atoms with van der Waals surface area (Å²) in [7, 11) is 0. The van der Waals surface area contributed by atoms with Crippen molar-refractivity contribution in [2.45, 2.75) is 20.0 Å². The van der Waals surface area contributed by atoms with Gasteiger partial charge >= 0.3 is 12.1 Å². The molecule has 0 unspecified atom stereocenters. The van der Waals surface area contributed by atoms with E-state index in [2.05, 4.69) is 0 Å². The Hall–Kier alpha value is -3.75. The number of esters is 1. The first kappa shape index (κ1) is 26.3. The van der Waals surface area contributed by atoms with Gasteiger partial charge in [-0.2, -0.15) is 13.2 Å². The zero-order chi connectivity index (χ0) is 26.9. The Morgan fingerprint density at radius 1 is 0.919 bits per heavy atom. The van der Waals surface area contributed by atoms with Crippen LogP contribution in [-0.2, 0) is 11.0 Å². The van der Waals surface area contributed by atoms with E-state index in [4.69, 9.17) is 37.1 Å². The smallest absolute Gasteiger partial charge is 0.449 e. The van der Waals surface area contributed by atoms with Gasteiger partial charge in [-0.1, -0.05) is 35.3 Å². The molecule has 0 atom stereocenters. The van der Waals surface area contributed by atoms with E-state index >= 15 is 0 Å². The maximum absolute atomic E-state index is 13.8. The number of carbonyl (C=O) groups excluding carboxylic acids is 1. The fourth-order valence-corrected chi connectivity index (χ4v) is 3.85. The van der Waals surface area contributed by atoms with Crippen LogP contribution in [0.15, 0.2) is 69.9 Å². The van der Waals surface area contributed by atoms with Crippen LogP contribution in [0.5, 0.6) is 17.2 Å². The van der Waals surface area contributed by atoms with Crippen LogP contribution < -0.4 is 14.9 Å². The van der Waals surface area contributed by atoms with Crippen molar-refractivity contribution in [2.24, 2.45) is 0 Å². The lowest BCUT2D eigenvalue weighted by Crippen LogP contribution is -2.15. The lowest BCUT2D eigenvalue weighted by molar-refractivity contribution is -0.154. The number of ether oxygens (including phenoxy) is 2. The summed E-state index contributed by atoms with van der Waals surface area (Å²) in [5, 5.41) is 0.460. The molecule has 10 heteroatoms. The van der Waals surface area contributed by atoms with Crippen molar-refractivity contribution in [3.63, 3.8) is 0 Å². The van der Waals surface area contributed by atoms with E-state index in [1.165, 1.54) is 36.4 Å². The molecule has 0 radical (unpaired) electrons. The summed E-state index contributed by atoms with van der Waals surface area (Å²) < 4.78 is 57.1. The summed E-state index contributed by atoms with van der Waals surface area (Å²) in [5.74, 6) is -3.48. The van der Waals surface area contributed by atoms with E-state index < -0.39 is 34.7 Å². The van der Waals surface area contributed by atoms with E-state index in [0.717, 1.165) is 23.3 Å². The van der Waals surface area contributed by atoms with Crippen LogP contribution in [0.2, 0.25) is 10.0 Å². The highest BCUT2D eigenvalue weighted by molar-refractivity contribution is 6.42. The number of aryl methyl sites for hydroxylation is 2. The van der Waals surface area contributed by atoms with Crippen LogP contribution in [0.4, 0.5) is 13.2 Å². The van der Waals surface area contributed by atoms with Crippen molar-refractivity contribution in [3.05, 3.63) is 103 Å². The summed E-state index contributed by atoms with van der Waals surface area (Å²) in [6, 6.07) is 13.0.